The predicted octanol–water partition coefficient (Wildman–Crippen LogP) is 30.2. The summed E-state index contributed by atoms with van der Waals surface area (Å²) in [4.78, 5) is 4.78. The summed E-state index contributed by atoms with van der Waals surface area (Å²) in [5.41, 5.74) is 28.8. The van der Waals surface area contributed by atoms with Crippen LogP contribution in [0.5, 0.6) is 0 Å². The highest BCUT2D eigenvalue weighted by Gasteiger charge is 2.26. The quantitative estimate of drug-likeness (QED) is 0.115. The van der Waals surface area contributed by atoms with Crippen LogP contribution in [0.4, 0.5) is 34.1 Å². The van der Waals surface area contributed by atoms with E-state index in [4.69, 9.17) is 17.7 Å². The molecule has 0 unspecified atom stereocenters. The minimum Gasteiger partial charge on any atom is -0.456 e. The minimum absolute atomic E-state index is 0.828. The molecule has 0 aliphatic heterocycles. The van der Waals surface area contributed by atoms with Gasteiger partial charge in [0.25, 0.3) is 0 Å². The molecular formula is C104H64N2O4. The van der Waals surface area contributed by atoms with E-state index in [1.807, 2.05) is 36.4 Å². The highest BCUT2D eigenvalue weighted by atomic mass is 16.3. The molecule has 6 heteroatoms. The Bertz CT molecular complexity index is 7410. The van der Waals surface area contributed by atoms with Gasteiger partial charge in [-0.15, -0.1) is 0 Å². The van der Waals surface area contributed by atoms with Gasteiger partial charge in [-0.2, -0.15) is 0 Å². The number of hydrogen-bond donors (Lipinski definition) is 0. The molecule has 0 saturated heterocycles. The van der Waals surface area contributed by atoms with Gasteiger partial charge in [0, 0.05) is 77.0 Å². The largest absolute Gasteiger partial charge is 0.456 e. The van der Waals surface area contributed by atoms with E-state index in [0.717, 1.165) is 188 Å². The summed E-state index contributed by atoms with van der Waals surface area (Å²) in [5, 5.41) is 13.4. The lowest BCUT2D eigenvalue weighted by molar-refractivity contribution is 0.668. The standard InChI is InChI=1S/C104H64N2O4/c1-2-23-79-68(18-1)19-14-29-80(79)69-46-42-67(43-47-69)71-20-13-22-76(61-71)106(78-55-59-99-91(64-78)86-27-6-11-36-96(86)108-99)94-34-9-4-25-84(94)88-32-17-39-102-104(88)92-62-73(51-57-100(92)110-102)72-50-56-82-74(60-72)21-15-30-81(82)70-44-40-65(41-45-70)66-48-52-75(53-49-66)105(77-54-58-98-90(63-77)85-26-5-10-35-95(85)107-98)93-33-8-3-24-83(93)87-31-16-38-101-103(87)89-28-7-12-37-97(89)109-101/h1-64H. The van der Waals surface area contributed by atoms with Crippen LogP contribution >= 0.6 is 0 Å². The fourth-order valence-corrected chi connectivity index (χ4v) is 17.1. The zero-order valence-corrected chi connectivity index (χ0v) is 59.5. The molecule has 0 spiro atoms. The van der Waals surface area contributed by atoms with Gasteiger partial charge >= 0.3 is 0 Å². The second-order valence-corrected chi connectivity index (χ2v) is 28.6. The lowest BCUT2D eigenvalue weighted by Gasteiger charge is -2.28. The van der Waals surface area contributed by atoms with Gasteiger partial charge in [0.05, 0.1) is 11.4 Å². The number of nitrogens with zero attached hydrogens (tertiary/aromatic N) is 2. The highest BCUT2D eigenvalue weighted by molar-refractivity contribution is 6.17. The van der Waals surface area contributed by atoms with Crippen molar-refractivity contribution in [2.75, 3.05) is 9.80 Å². The normalized spacial score (nSPS) is 11.8. The molecule has 0 saturated carbocycles. The van der Waals surface area contributed by atoms with Gasteiger partial charge in [-0.25, -0.2) is 0 Å². The number of rotatable bonds is 13. The van der Waals surface area contributed by atoms with Crippen molar-refractivity contribution in [1.29, 1.82) is 0 Å². The lowest BCUT2D eigenvalue weighted by atomic mass is 9.93. The summed E-state index contributed by atoms with van der Waals surface area (Å²) in [6.45, 7) is 0. The average Bonchev–Trinajstić information content (AvgIpc) is 1.59. The maximum atomic E-state index is 6.82. The highest BCUT2D eigenvalue weighted by Crippen LogP contribution is 2.50. The smallest absolute Gasteiger partial charge is 0.136 e. The van der Waals surface area contributed by atoms with E-state index in [0.29, 0.717) is 0 Å². The van der Waals surface area contributed by atoms with Crippen molar-refractivity contribution in [3.05, 3.63) is 388 Å². The fourth-order valence-electron chi connectivity index (χ4n) is 17.1. The summed E-state index contributed by atoms with van der Waals surface area (Å²) < 4.78 is 26.1. The number of benzene rings is 18. The Morgan fingerprint density at radius 1 is 0.155 bits per heavy atom. The van der Waals surface area contributed by atoms with E-state index < -0.39 is 0 Å². The molecule has 110 heavy (non-hydrogen) atoms. The SMILES string of the molecule is c1cc(-c2ccc(-c3cccc4ccccc34)cc2)cc(N(c2ccc3oc4ccccc4c3c2)c2ccccc2-c2cccc3oc4ccc(-c5ccc6c(-c7ccc(-c8ccc(N(c9ccc%10oc%11ccccc%11c%10c9)c9ccccc9-c9cccc%10oc%11ccccc%11c9%10)cc8)cc7)cccc6c5)cc4c23)c1. The van der Waals surface area contributed by atoms with Gasteiger partial charge in [-0.3, -0.25) is 0 Å². The Hall–Kier alpha value is -14.7. The molecule has 0 radical (unpaired) electrons. The predicted molar refractivity (Wildman–Crippen MR) is 458 cm³/mol. The van der Waals surface area contributed by atoms with Gasteiger partial charge in [-0.05, 0) is 210 Å². The molecular weight excluding hydrogens is 1340 g/mol. The molecule has 514 valence electrons. The van der Waals surface area contributed by atoms with E-state index in [9.17, 15) is 0 Å². The van der Waals surface area contributed by atoms with Crippen LogP contribution in [0.25, 0.3) is 187 Å². The van der Waals surface area contributed by atoms with E-state index >= 15 is 0 Å². The Morgan fingerprint density at radius 3 is 1.12 bits per heavy atom. The summed E-state index contributed by atoms with van der Waals surface area (Å²) in [5.74, 6) is 0. The summed E-state index contributed by atoms with van der Waals surface area (Å²) in [6, 6.07) is 140. The van der Waals surface area contributed by atoms with Gasteiger partial charge in [0.2, 0.25) is 0 Å². The van der Waals surface area contributed by atoms with Crippen LogP contribution in [0.1, 0.15) is 0 Å². The van der Waals surface area contributed by atoms with Crippen molar-refractivity contribution in [2.45, 2.75) is 0 Å². The molecule has 0 atom stereocenters. The summed E-state index contributed by atoms with van der Waals surface area (Å²) in [7, 11) is 0. The molecule has 0 aliphatic carbocycles. The van der Waals surface area contributed by atoms with Crippen molar-refractivity contribution >= 4 is 143 Å². The number of para-hydroxylation sites is 5. The molecule has 0 N–H and O–H groups in total. The van der Waals surface area contributed by atoms with Gasteiger partial charge < -0.3 is 27.5 Å². The van der Waals surface area contributed by atoms with Gasteiger partial charge in [0.15, 0.2) is 0 Å². The maximum absolute atomic E-state index is 6.82. The van der Waals surface area contributed by atoms with E-state index in [2.05, 4.69) is 362 Å². The number of anilines is 6. The Kier molecular flexibility index (Phi) is 14.5. The first kappa shape index (κ1) is 62.6. The molecule has 6 nitrogen and oxygen atoms in total. The molecule has 0 bridgehead atoms. The molecule has 0 aliphatic rings. The van der Waals surface area contributed by atoms with Crippen LogP contribution < -0.4 is 9.80 Å². The Balaban J connectivity index is 0.589. The molecule has 0 fully saturated rings. The number of furan rings is 4. The van der Waals surface area contributed by atoms with Crippen molar-refractivity contribution in [2.24, 2.45) is 0 Å². The number of fused-ring (bicyclic) bond motifs is 14. The van der Waals surface area contributed by atoms with Crippen LogP contribution in [-0.2, 0) is 0 Å². The molecule has 22 aromatic rings. The lowest BCUT2D eigenvalue weighted by Crippen LogP contribution is -2.11. The molecule has 0 amide bonds. The first-order chi connectivity index (χ1) is 54.5. The van der Waals surface area contributed by atoms with E-state index in [-0.39, 0.29) is 0 Å². The van der Waals surface area contributed by atoms with Crippen molar-refractivity contribution in [3.63, 3.8) is 0 Å². The summed E-state index contributed by atoms with van der Waals surface area (Å²) >= 11 is 0. The van der Waals surface area contributed by atoms with Crippen molar-refractivity contribution in [3.8, 4) is 77.9 Å². The zero-order chi connectivity index (χ0) is 72.3. The fraction of sp³-hybridized carbons (Fsp3) is 0. The van der Waals surface area contributed by atoms with E-state index in [1.165, 1.54) is 32.8 Å². The minimum atomic E-state index is 0.828. The van der Waals surface area contributed by atoms with Crippen LogP contribution in [0, 0.1) is 0 Å². The van der Waals surface area contributed by atoms with Crippen LogP contribution in [-0.4, -0.2) is 0 Å². The molecule has 4 heterocycles. The number of hydrogen-bond acceptors (Lipinski definition) is 6. The third kappa shape index (κ3) is 10.5. The third-order valence-corrected chi connectivity index (χ3v) is 22.3. The van der Waals surface area contributed by atoms with Gasteiger partial charge in [-0.1, -0.05) is 267 Å². The first-order valence-electron chi connectivity index (χ1n) is 37.4. The second-order valence-electron chi connectivity index (χ2n) is 28.6. The average molecular weight is 1410 g/mol. The molecule has 22 rings (SSSR count). The molecule has 18 aromatic carbocycles. The van der Waals surface area contributed by atoms with E-state index in [1.54, 1.807) is 0 Å². The van der Waals surface area contributed by atoms with Gasteiger partial charge in [0.1, 0.15) is 44.7 Å². The second kappa shape index (κ2) is 25.5. The topological polar surface area (TPSA) is 59.0 Å². The van der Waals surface area contributed by atoms with Crippen LogP contribution in [0.3, 0.4) is 0 Å². The van der Waals surface area contributed by atoms with Crippen LogP contribution in [0.15, 0.2) is 406 Å². The van der Waals surface area contributed by atoms with Crippen molar-refractivity contribution in [1.82, 2.24) is 0 Å². The zero-order valence-electron chi connectivity index (χ0n) is 59.5. The monoisotopic (exact) mass is 1400 g/mol. The maximum Gasteiger partial charge on any atom is 0.136 e. The Morgan fingerprint density at radius 2 is 0.500 bits per heavy atom. The Labute approximate surface area is 633 Å². The molecule has 4 aromatic heterocycles. The first-order valence-corrected chi connectivity index (χ1v) is 37.4. The third-order valence-electron chi connectivity index (χ3n) is 22.3. The van der Waals surface area contributed by atoms with Crippen molar-refractivity contribution < 1.29 is 17.7 Å². The van der Waals surface area contributed by atoms with Crippen LogP contribution in [0.2, 0.25) is 0 Å². The summed E-state index contributed by atoms with van der Waals surface area (Å²) in [6.07, 6.45) is 0.